The highest BCUT2D eigenvalue weighted by molar-refractivity contribution is 6.58. The van der Waals surface area contributed by atoms with Gasteiger partial charge in [-0.3, -0.25) is 19.2 Å². The molecule has 7 rings (SSSR count). The van der Waals surface area contributed by atoms with Gasteiger partial charge in [-0.05, 0) is 73.7 Å². The summed E-state index contributed by atoms with van der Waals surface area (Å²) < 4.78 is 28.6. The molecule has 0 aromatic heterocycles. The maximum atomic E-state index is 14.8. The predicted octanol–water partition coefficient (Wildman–Crippen LogP) is 6.40. The fourth-order valence-electron chi connectivity index (χ4n) is 7.48. The molecule has 2 heterocycles. The number of benzene rings is 3. The number of rotatable bonds is 3. The van der Waals surface area contributed by atoms with Crippen LogP contribution in [0, 0.1) is 36.3 Å². The molecule has 230 valence electrons. The van der Waals surface area contributed by atoms with Crippen molar-refractivity contribution in [3.63, 3.8) is 0 Å². The number of carbonyl (C=O) groups is 4. The second kappa shape index (κ2) is 10.1. The number of amides is 4. The highest BCUT2D eigenvalue weighted by Gasteiger charge is 2.77. The number of aryl methyl sites for hydroxylation is 1. The van der Waals surface area contributed by atoms with E-state index in [1.165, 1.54) is 30.3 Å². The number of para-hydroxylation sites is 1. The van der Waals surface area contributed by atoms with Crippen LogP contribution in [0.15, 0.2) is 72.3 Å². The number of hydrogen-bond donors (Lipinski definition) is 1. The number of anilines is 2. The first-order chi connectivity index (χ1) is 21.3. The monoisotopic (exact) mass is 670 g/mol. The van der Waals surface area contributed by atoms with Crippen molar-refractivity contribution in [1.82, 2.24) is 0 Å². The van der Waals surface area contributed by atoms with Gasteiger partial charge in [-0.2, -0.15) is 0 Å². The molecule has 3 aromatic rings. The Bertz CT molecular complexity index is 1880. The Morgan fingerprint density at radius 3 is 2.24 bits per heavy atom. The highest BCUT2D eigenvalue weighted by Crippen LogP contribution is 2.66. The fourth-order valence-corrected chi connectivity index (χ4v) is 8.59. The minimum atomic E-state index is -2.30. The topological polar surface area (TPSA) is 95.0 Å². The molecule has 2 aliphatic heterocycles. The third-order valence-electron chi connectivity index (χ3n) is 9.64. The maximum Gasteiger partial charge on any atom is 0.258 e. The second-order valence-corrected chi connectivity index (χ2v) is 13.5. The molecule has 3 aromatic carbocycles. The summed E-state index contributed by atoms with van der Waals surface area (Å²) in [6.07, 6.45) is 1.44. The average molecular weight is 672 g/mol. The van der Waals surface area contributed by atoms with Gasteiger partial charge in [0.2, 0.25) is 11.8 Å². The van der Waals surface area contributed by atoms with Gasteiger partial charge in [0, 0.05) is 16.5 Å². The van der Waals surface area contributed by atoms with E-state index >= 15 is 0 Å². The molecule has 1 N–H and O–H groups in total. The highest BCUT2D eigenvalue weighted by atomic mass is 35.5. The van der Waals surface area contributed by atoms with E-state index < -0.39 is 74.4 Å². The Hall–Kier alpha value is -3.79. The van der Waals surface area contributed by atoms with Crippen molar-refractivity contribution in [3.8, 4) is 5.75 Å². The lowest BCUT2D eigenvalue weighted by molar-refractivity contribution is -0.125. The first kappa shape index (κ1) is 29.9. The lowest BCUT2D eigenvalue weighted by Gasteiger charge is -2.50. The number of halogens is 5. The second-order valence-electron chi connectivity index (χ2n) is 11.9. The smallest absolute Gasteiger partial charge is 0.258 e. The van der Waals surface area contributed by atoms with Crippen molar-refractivity contribution in [3.05, 3.63) is 100 Å². The number of allylic oxidation sites excluding steroid dienone is 2. The molecule has 0 bridgehead atoms. The average Bonchev–Trinajstić information content (AvgIpc) is 3.35. The molecule has 6 atom stereocenters. The molecule has 45 heavy (non-hydrogen) atoms. The zero-order valence-electron chi connectivity index (χ0n) is 23.4. The van der Waals surface area contributed by atoms with E-state index in [2.05, 4.69) is 0 Å². The first-order valence-electron chi connectivity index (χ1n) is 14.1. The molecule has 12 heteroatoms. The Morgan fingerprint density at radius 1 is 0.867 bits per heavy atom. The van der Waals surface area contributed by atoms with Gasteiger partial charge >= 0.3 is 0 Å². The molecular formula is C33H23Cl3F2N2O5. The number of hydrogen-bond acceptors (Lipinski definition) is 5. The number of fused-ring (bicyclic) bond motifs is 4. The quantitative estimate of drug-likeness (QED) is 0.198. The van der Waals surface area contributed by atoms with Gasteiger partial charge in [0.15, 0.2) is 21.3 Å². The van der Waals surface area contributed by atoms with Crippen LogP contribution in [-0.4, -0.2) is 38.5 Å². The summed E-state index contributed by atoms with van der Waals surface area (Å²) in [5.74, 6) is -9.37. The van der Waals surface area contributed by atoms with Crippen LogP contribution in [0.4, 0.5) is 20.2 Å². The number of aromatic hydroxyl groups is 1. The summed E-state index contributed by atoms with van der Waals surface area (Å²) >= 11 is 20.8. The minimum Gasteiger partial charge on any atom is -0.505 e. The van der Waals surface area contributed by atoms with Crippen LogP contribution in [0.1, 0.15) is 29.9 Å². The van der Waals surface area contributed by atoms with Crippen LogP contribution >= 0.6 is 34.8 Å². The molecule has 4 aliphatic rings. The van der Waals surface area contributed by atoms with Gasteiger partial charge in [-0.25, -0.2) is 18.6 Å². The van der Waals surface area contributed by atoms with Crippen molar-refractivity contribution >= 4 is 69.8 Å². The van der Waals surface area contributed by atoms with Crippen molar-refractivity contribution in [1.29, 1.82) is 0 Å². The number of carbonyl (C=O) groups excluding carboxylic acids is 4. The zero-order valence-corrected chi connectivity index (χ0v) is 25.7. The summed E-state index contributed by atoms with van der Waals surface area (Å²) in [7, 11) is 0. The molecule has 0 radical (unpaired) electrons. The molecule has 1 saturated carbocycles. The number of nitrogens with zero attached hydrogens (tertiary/aromatic N) is 2. The van der Waals surface area contributed by atoms with E-state index in [4.69, 9.17) is 34.8 Å². The molecule has 3 fully saturated rings. The van der Waals surface area contributed by atoms with E-state index in [0.29, 0.717) is 10.6 Å². The Morgan fingerprint density at radius 2 is 1.56 bits per heavy atom. The van der Waals surface area contributed by atoms with Crippen LogP contribution in [0.25, 0.3) is 0 Å². The van der Waals surface area contributed by atoms with Gasteiger partial charge in [0.05, 0.1) is 23.2 Å². The molecule has 2 saturated heterocycles. The summed E-state index contributed by atoms with van der Waals surface area (Å²) in [6.45, 7) is 1.78. The molecule has 7 nitrogen and oxygen atoms in total. The zero-order chi connectivity index (χ0) is 32.2. The van der Waals surface area contributed by atoms with Crippen LogP contribution < -0.4 is 9.80 Å². The standard InChI is InChI=1S/C33H23Cl3F2N2O5/c1-15-5-8-18(13-23(15)34)39-28(42)20-12-11-19-22(25(20)29(39)43)14-32(35)30(44)40(17-9-6-16(37)7-10-17)31(45)33(32,36)26(19)21-3-2-4-24(38)27(21)41/h2-11,13,20,22,25-26,41H,12,14H2,1H3/t20-,22+,25-,26+,32+,33-/m0/s1. The van der Waals surface area contributed by atoms with Gasteiger partial charge in [-0.15, -0.1) is 23.2 Å². The molecule has 4 amide bonds. The molecular weight excluding hydrogens is 649 g/mol. The largest absolute Gasteiger partial charge is 0.505 e. The van der Waals surface area contributed by atoms with Crippen LogP contribution in [0.3, 0.4) is 0 Å². The van der Waals surface area contributed by atoms with E-state index in [1.54, 1.807) is 25.1 Å². The number of imide groups is 2. The fraction of sp³-hybridized carbons (Fsp3) is 0.273. The Kier molecular flexibility index (Phi) is 6.71. The number of phenols is 1. The van der Waals surface area contributed by atoms with E-state index in [0.717, 1.165) is 33.6 Å². The lowest BCUT2D eigenvalue weighted by atomic mass is 9.56. The third-order valence-corrected chi connectivity index (χ3v) is 11.5. The van der Waals surface area contributed by atoms with Crippen LogP contribution in [0.2, 0.25) is 5.02 Å². The van der Waals surface area contributed by atoms with Gasteiger partial charge in [0.25, 0.3) is 11.8 Å². The predicted molar refractivity (Wildman–Crippen MR) is 163 cm³/mol. The molecule has 0 spiro atoms. The van der Waals surface area contributed by atoms with Gasteiger partial charge < -0.3 is 5.11 Å². The Balaban J connectivity index is 1.41. The first-order valence-corrected chi connectivity index (χ1v) is 15.3. The van der Waals surface area contributed by atoms with E-state index in [9.17, 15) is 33.1 Å². The lowest BCUT2D eigenvalue weighted by Crippen LogP contribution is -2.60. The maximum absolute atomic E-state index is 14.8. The molecule has 2 aliphatic carbocycles. The summed E-state index contributed by atoms with van der Waals surface area (Å²) in [4.78, 5) is 53.8. The van der Waals surface area contributed by atoms with Crippen molar-refractivity contribution in [2.24, 2.45) is 17.8 Å². The van der Waals surface area contributed by atoms with E-state index in [1.807, 2.05) is 0 Å². The molecule has 0 unspecified atom stereocenters. The number of alkyl halides is 2. The van der Waals surface area contributed by atoms with Crippen molar-refractivity contribution in [2.45, 2.75) is 35.4 Å². The summed E-state index contributed by atoms with van der Waals surface area (Å²) in [6, 6.07) is 13.1. The number of phenolic OH excluding ortho intramolecular Hbond substituents is 1. The van der Waals surface area contributed by atoms with E-state index in [-0.39, 0.29) is 29.8 Å². The SMILES string of the molecule is Cc1ccc(N2C(=O)[C@H]3[C@H](CC=C4[C@H]3C[C@@]3(Cl)C(=O)N(c5ccc(F)cc5)C(=O)[C@@]3(Cl)[C@H]4c3cccc(F)c3O)C2=O)cc1Cl. The van der Waals surface area contributed by atoms with Crippen molar-refractivity contribution in [2.75, 3.05) is 9.80 Å². The minimum absolute atomic E-state index is 0.00689. The van der Waals surface area contributed by atoms with Crippen LogP contribution in [0.5, 0.6) is 5.75 Å². The normalized spacial score (nSPS) is 30.8. The Labute approximate surface area is 271 Å². The van der Waals surface area contributed by atoms with Gasteiger partial charge in [-0.1, -0.05) is 41.4 Å². The summed E-state index contributed by atoms with van der Waals surface area (Å²) in [5, 5.41) is 11.3. The summed E-state index contributed by atoms with van der Waals surface area (Å²) in [5.41, 5.74) is 1.32. The third kappa shape index (κ3) is 3.93. The van der Waals surface area contributed by atoms with Crippen molar-refractivity contribution < 1.29 is 33.1 Å². The van der Waals surface area contributed by atoms with Gasteiger partial charge in [0.1, 0.15) is 5.82 Å². The van der Waals surface area contributed by atoms with Crippen LogP contribution in [-0.2, 0) is 19.2 Å².